The van der Waals surface area contributed by atoms with Gasteiger partial charge in [0, 0.05) is 6.42 Å². The average molecular weight is 276 g/mol. The summed E-state index contributed by atoms with van der Waals surface area (Å²) < 4.78 is 6.89. The number of benzene rings is 1. The van der Waals surface area contributed by atoms with Crippen LogP contribution in [0.4, 0.5) is 0 Å². The van der Waals surface area contributed by atoms with E-state index >= 15 is 0 Å². The maximum absolute atomic E-state index is 5.12. The zero-order valence-electron chi connectivity index (χ0n) is 11.2. The second-order valence-electron chi connectivity index (χ2n) is 3.79. The van der Waals surface area contributed by atoms with Crippen LogP contribution in [-0.2, 0) is 6.42 Å². The van der Waals surface area contributed by atoms with Gasteiger partial charge in [-0.1, -0.05) is 18.7 Å². The highest BCUT2D eigenvalue weighted by Crippen LogP contribution is 2.14. The Balaban J connectivity index is 2.23. The summed E-state index contributed by atoms with van der Waals surface area (Å²) in [6.45, 7) is 2.04. The van der Waals surface area contributed by atoms with Crippen LogP contribution in [0.2, 0.25) is 0 Å². The highest BCUT2D eigenvalue weighted by atomic mass is 32.2. The summed E-state index contributed by atoms with van der Waals surface area (Å²) in [5.41, 5.74) is 1.00. The molecule has 0 aliphatic rings. The van der Waals surface area contributed by atoms with Gasteiger partial charge in [0.1, 0.15) is 5.75 Å². The van der Waals surface area contributed by atoms with Crippen LogP contribution < -0.4 is 4.74 Å². The average Bonchev–Trinajstić information content (AvgIpc) is 2.87. The summed E-state index contributed by atoms with van der Waals surface area (Å²) in [5, 5.41) is 13.4. The molecule has 6 heteroatoms. The number of methoxy groups -OCH3 is 1. The standard InChI is InChI=1S/C13H16N4OS/c1-4-12-15-16-13(19-3)17(12)14-9-10-5-7-11(18-2)8-6-10/h5-9H,4H2,1-3H3/b14-9-. The van der Waals surface area contributed by atoms with Crippen molar-refractivity contribution in [2.24, 2.45) is 5.10 Å². The normalized spacial score (nSPS) is 11.1. The first-order valence-corrected chi connectivity index (χ1v) is 7.17. The Labute approximate surface area is 116 Å². The van der Waals surface area contributed by atoms with Crippen LogP contribution in [0.1, 0.15) is 18.3 Å². The molecule has 0 bridgehead atoms. The zero-order valence-corrected chi connectivity index (χ0v) is 12.0. The van der Waals surface area contributed by atoms with Crippen molar-refractivity contribution >= 4 is 18.0 Å². The van der Waals surface area contributed by atoms with Crippen LogP contribution in [0.5, 0.6) is 5.75 Å². The zero-order chi connectivity index (χ0) is 13.7. The van der Waals surface area contributed by atoms with E-state index in [1.807, 2.05) is 37.4 Å². The van der Waals surface area contributed by atoms with Crippen LogP contribution in [0.25, 0.3) is 0 Å². The minimum Gasteiger partial charge on any atom is -0.497 e. The molecule has 2 aromatic rings. The fourth-order valence-electron chi connectivity index (χ4n) is 1.57. The summed E-state index contributed by atoms with van der Waals surface area (Å²) in [4.78, 5) is 0. The Morgan fingerprint density at radius 3 is 2.63 bits per heavy atom. The quantitative estimate of drug-likeness (QED) is 0.622. The van der Waals surface area contributed by atoms with Crippen LogP contribution in [0, 0.1) is 0 Å². The summed E-state index contributed by atoms with van der Waals surface area (Å²) in [6, 6.07) is 7.72. The lowest BCUT2D eigenvalue weighted by Crippen LogP contribution is -1.98. The summed E-state index contributed by atoms with van der Waals surface area (Å²) in [5.74, 6) is 1.69. The SMILES string of the molecule is CCc1nnc(SC)n1/N=C\c1ccc(OC)cc1. The molecule has 0 saturated carbocycles. The number of hydrogen-bond acceptors (Lipinski definition) is 5. The monoisotopic (exact) mass is 276 g/mol. The van der Waals surface area contributed by atoms with Crippen LogP contribution in [0.15, 0.2) is 34.5 Å². The first-order valence-electron chi connectivity index (χ1n) is 5.95. The third kappa shape index (κ3) is 3.14. The summed E-state index contributed by atoms with van der Waals surface area (Å²) in [7, 11) is 1.65. The number of hydrogen-bond donors (Lipinski definition) is 0. The van der Waals surface area contributed by atoms with Crippen LogP contribution >= 0.6 is 11.8 Å². The largest absolute Gasteiger partial charge is 0.497 e. The van der Waals surface area contributed by atoms with Crippen LogP contribution in [0.3, 0.4) is 0 Å². The van der Waals surface area contributed by atoms with Gasteiger partial charge in [-0.2, -0.15) is 9.78 Å². The van der Waals surface area contributed by atoms with Gasteiger partial charge in [0.15, 0.2) is 5.82 Å². The van der Waals surface area contributed by atoms with Gasteiger partial charge in [-0.3, -0.25) is 0 Å². The first-order chi connectivity index (χ1) is 9.28. The third-order valence-corrected chi connectivity index (χ3v) is 3.23. The predicted octanol–water partition coefficient (Wildman–Crippen LogP) is 2.45. The molecular weight excluding hydrogens is 260 g/mol. The molecule has 2 rings (SSSR count). The minimum atomic E-state index is 0.793. The highest BCUT2D eigenvalue weighted by Gasteiger charge is 2.07. The van der Waals surface area contributed by atoms with Gasteiger partial charge in [-0.15, -0.1) is 10.2 Å². The van der Waals surface area contributed by atoms with Gasteiger partial charge >= 0.3 is 0 Å². The van der Waals surface area contributed by atoms with Gasteiger partial charge in [-0.25, -0.2) is 0 Å². The molecule has 19 heavy (non-hydrogen) atoms. The molecule has 0 amide bonds. The molecule has 100 valence electrons. The van der Waals surface area contributed by atoms with Crippen molar-refractivity contribution in [1.82, 2.24) is 14.9 Å². The maximum atomic E-state index is 5.12. The molecule has 5 nitrogen and oxygen atoms in total. The van der Waals surface area contributed by atoms with E-state index in [9.17, 15) is 0 Å². The van der Waals surface area contributed by atoms with E-state index in [1.54, 1.807) is 18.0 Å². The van der Waals surface area contributed by atoms with E-state index in [4.69, 9.17) is 4.74 Å². The van der Waals surface area contributed by atoms with E-state index in [1.165, 1.54) is 11.8 Å². The fourth-order valence-corrected chi connectivity index (χ4v) is 2.02. The van der Waals surface area contributed by atoms with Crippen molar-refractivity contribution in [3.05, 3.63) is 35.7 Å². The summed E-state index contributed by atoms with van der Waals surface area (Å²) in [6.07, 6.45) is 4.55. The molecule has 0 unspecified atom stereocenters. The minimum absolute atomic E-state index is 0.793. The van der Waals surface area contributed by atoms with Crippen molar-refractivity contribution < 1.29 is 4.74 Å². The predicted molar refractivity (Wildman–Crippen MR) is 77.2 cm³/mol. The first kappa shape index (κ1) is 13.6. The van der Waals surface area contributed by atoms with E-state index < -0.39 is 0 Å². The lowest BCUT2D eigenvalue weighted by Gasteiger charge is -2.01. The van der Waals surface area contributed by atoms with E-state index in [0.717, 1.165) is 28.7 Å². The van der Waals surface area contributed by atoms with Crippen molar-refractivity contribution in [1.29, 1.82) is 0 Å². The molecule has 0 atom stereocenters. The summed E-state index contributed by atoms with van der Waals surface area (Å²) >= 11 is 1.53. The molecule has 0 aliphatic heterocycles. The molecule has 1 heterocycles. The molecule has 1 aromatic heterocycles. The molecule has 0 N–H and O–H groups in total. The maximum Gasteiger partial charge on any atom is 0.211 e. The van der Waals surface area contributed by atoms with Crippen molar-refractivity contribution in [3.63, 3.8) is 0 Å². The number of nitrogens with zero attached hydrogens (tertiary/aromatic N) is 4. The van der Waals surface area contributed by atoms with Gasteiger partial charge in [0.05, 0.1) is 13.3 Å². The van der Waals surface area contributed by atoms with Crippen molar-refractivity contribution in [2.45, 2.75) is 18.5 Å². The molecule has 0 spiro atoms. The van der Waals surface area contributed by atoms with E-state index in [2.05, 4.69) is 15.3 Å². The highest BCUT2D eigenvalue weighted by molar-refractivity contribution is 7.98. The van der Waals surface area contributed by atoms with Gasteiger partial charge in [0.2, 0.25) is 5.16 Å². The lowest BCUT2D eigenvalue weighted by molar-refractivity contribution is 0.415. The molecule has 0 fully saturated rings. The lowest BCUT2D eigenvalue weighted by atomic mass is 10.2. The number of ether oxygens (including phenoxy) is 1. The number of aromatic nitrogens is 3. The van der Waals surface area contributed by atoms with Gasteiger partial charge < -0.3 is 4.74 Å². The van der Waals surface area contributed by atoms with Gasteiger partial charge in [-0.05, 0) is 36.1 Å². The smallest absolute Gasteiger partial charge is 0.211 e. The fraction of sp³-hybridized carbons (Fsp3) is 0.308. The van der Waals surface area contributed by atoms with Crippen LogP contribution in [-0.4, -0.2) is 34.5 Å². The number of rotatable bonds is 5. The second-order valence-corrected chi connectivity index (χ2v) is 4.56. The van der Waals surface area contributed by atoms with Crippen molar-refractivity contribution in [2.75, 3.05) is 13.4 Å². The van der Waals surface area contributed by atoms with Gasteiger partial charge in [0.25, 0.3) is 0 Å². The van der Waals surface area contributed by atoms with E-state index in [0.29, 0.717) is 0 Å². The van der Waals surface area contributed by atoms with E-state index in [-0.39, 0.29) is 0 Å². The second kappa shape index (κ2) is 6.38. The Morgan fingerprint density at radius 1 is 1.32 bits per heavy atom. The molecule has 0 radical (unpaired) electrons. The Morgan fingerprint density at radius 2 is 2.05 bits per heavy atom. The van der Waals surface area contributed by atoms with Crippen molar-refractivity contribution in [3.8, 4) is 5.75 Å². The number of thioether (sulfide) groups is 1. The molecular formula is C13H16N4OS. The molecule has 1 aromatic carbocycles. The Hall–Kier alpha value is -1.82. The molecule has 0 saturated heterocycles. The number of aryl methyl sites for hydroxylation is 1. The Bertz CT molecular complexity index is 541. The third-order valence-electron chi connectivity index (χ3n) is 2.61. The molecule has 0 aliphatic carbocycles. The Kier molecular flexibility index (Phi) is 4.57. The topological polar surface area (TPSA) is 52.3 Å².